The molecule has 0 aromatic heterocycles. The fourth-order valence-corrected chi connectivity index (χ4v) is 1.55. The smallest absolute Gasteiger partial charge is 0.255 e. The Morgan fingerprint density at radius 2 is 1.78 bits per heavy atom. The minimum absolute atomic E-state index is 0.172. The van der Waals surface area contributed by atoms with Crippen molar-refractivity contribution in [3.8, 4) is 0 Å². The third-order valence-electron chi connectivity index (χ3n) is 2.57. The summed E-state index contributed by atoms with van der Waals surface area (Å²) in [6.45, 7) is 0.426. The fourth-order valence-electron chi connectivity index (χ4n) is 1.55. The van der Waals surface area contributed by atoms with E-state index in [0.717, 1.165) is 5.56 Å². The summed E-state index contributed by atoms with van der Waals surface area (Å²) in [7, 11) is 0. The van der Waals surface area contributed by atoms with Gasteiger partial charge in [0, 0.05) is 12.1 Å². The van der Waals surface area contributed by atoms with Crippen molar-refractivity contribution >= 4 is 11.6 Å². The van der Waals surface area contributed by atoms with Gasteiger partial charge in [0.25, 0.3) is 5.91 Å². The van der Waals surface area contributed by atoms with Crippen LogP contribution in [-0.2, 0) is 6.54 Å². The van der Waals surface area contributed by atoms with Gasteiger partial charge in [-0.2, -0.15) is 0 Å². The Hall–Kier alpha value is -2.20. The molecule has 3 nitrogen and oxygen atoms in total. The molecule has 0 aliphatic heterocycles. The fraction of sp³-hybridized carbons (Fsp3) is 0.0714. The average Bonchev–Trinajstić information content (AvgIpc) is 2.41. The first-order valence-electron chi connectivity index (χ1n) is 5.55. The zero-order valence-corrected chi connectivity index (χ0v) is 9.69. The lowest BCUT2D eigenvalue weighted by Crippen LogP contribution is -2.13. The largest absolute Gasteiger partial charge is 0.326 e. The second-order valence-corrected chi connectivity index (χ2v) is 3.84. The third kappa shape index (κ3) is 2.73. The van der Waals surface area contributed by atoms with Crippen LogP contribution in [0.1, 0.15) is 15.9 Å². The van der Waals surface area contributed by atoms with E-state index in [1.54, 1.807) is 36.4 Å². The summed E-state index contributed by atoms with van der Waals surface area (Å²) in [5.41, 5.74) is 7.05. The highest BCUT2D eigenvalue weighted by molar-refractivity contribution is 6.04. The van der Waals surface area contributed by atoms with Gasteiger partial charge in [-0.15, -0.1) is 0 Å². The zero-order chi connectivity index (χ0) is 13.0. The molecule has 1 amide bonds. The van der Waals surface area contributed by atoms with Gasteiger partial charge in [-0.3, -0.25) is 4.79 Å². The van der Waals surface area contributed by atoms with E-state index < -0.39 is 5.82 Å². The topological polar surface area (TPSA) is 55.1 Å². The molecule has 0 spiro atoms. The molecule has 2 rings (SSSR count). The first kappa shape index (κ1) is 12.3. The monoisotopic (exact) mass is 244 g/mol. The van der Waals surface area contributed by atoms with E-state index in [2.05, 4.69) is 5.32 Å². The molecule has 0 saturated heterocycles. The maximum Gasteiger partial charge on any atom is 0.255 e. The standard InChI is InChI=1S/C14H13FN2O/c15-12-3-1-2-4-13(12)17-14(18)11-7-5-10(9-16)6-8-11/h1-8H,9,16H2,(H,17,18). The van der Waals surface area contributed by atoms with Crippen LogP contribution in [0.2, 0.25) is 0 Å². The summed E-state index contributed by atoms with van der Waals surface area (Å²) in [6.07, 6.45) is 0. The Bertz CT molecular complexity index is 552. The Labute approximate surface area is 104 Å². The van der Waals surface area contributed by atoms with Crippen LogP contribution in [0.5, 0.6) is 0 Å². The molecular formula is C14H13FN2O. The van der Waals surface area contributed by atoms with Gasteiger partial charge in [-0.25, -0.2) is 4.39 Å². The molecule has 0 bridgehead atoms. The van der Waals surface area contributed by atoms with Crippen LogP contribution >= 0.6 is 0 Å². The van der Waals surface area contributed by atoms with Crippen LogP contribution in [0.25, 0.3) is 0 Å². The highest BCUT2D eigenvalue weighted by Crippen LogP contribution is 2.14. The SMILES string of the molecule is NCc1ccc(C(=O)Nc2ccccc2F)cc1. The van der Waals surface area contributed by atoms with Crippen LogP contribution in [0, 0.1) is 5.82 Å². The highest BCUT2D eigenvalue weighted by atomic mass is 19.1. The summed E-state index contributed by atoms with van der Waals surface area (Å²) < 4.78 is 13.4. The van der Waals surface area contributed by atoms with E-state index in [1.165, 1.54) is 12.1 Å². The molecule has 0 unspecified atom stereocenters. The number of nitrogens with two attached hydrogens (primary N) is 1. The summed E-state index contributed by atoms with van der Waals surface area (Å²) in [5, 5.41) is 2.52. The quantitative estimate of drug-likeness (QED) is 0.871. The molecule has 0 saturated carbocycles. The number of carbonyl (C=O) groups is 1. The van der Waals surface area contributed by atoms with Crippen LogP contribution in [0.15, 0.2) is 48.5 Å². The van der Waals surface area contributed by atoms with Crippen molar-refractivity contribution in [1.82, 2.24) is 0 Å². The summed E-state index contributed by atoms with van der Waals surface area (Å²) in [4.78, 5) is 11.9. The lowest BCUT2D eigenvalue weighted by Gasteiger charge is -2.06. The molecule has 0 heterocycles. The third-order valence-corrected chi connectivity index (χ3v) is 2.57. The number of amides is 1. The van der Waals surface area contributed by atoms with Gasteiger partial charge in [0.1, 0.15) is 5.82 Å². The second kappa shape index (κ2) is 5.42. The Kier molecular flexibility index (Phi) is 3.69. The minimum atomic E-state index is -0.454. The van der Waals surface area contributed by atoms with Crippen molar-refractivity contribution in [1.29, 1.82) is 0 Å². The van der Waals surface area contributed by atoms with Gasteiger partial charge < -0.3 is 11.1 Å². The lowest BCUT2D eigenvalue weighted by atomic mass is 10.1. The molecule has 4 heteroatoms. The summed E-state index contributed by atoms with van der Waals surface area (Å²) in [5.74, 6) is -0.798. The van der Waals surface area contributed by atoms with Crippen LogP contribution in [-0.4, -0.2) is 5.91 Å². The Morgan fingerprint density at radius 1 is 1.11 bits per heavy atom. The van der Waals surface area contributed by atoms with Crippen LogP contribution < -0.4 is 11.1 Å². The number of anilines is 1. The van der Waals surface area contributed by atoms with E-state index in [1.807, 2.05) is 0 Å². The first-order chi connectivity index (χ1) is 8.70. The zero-order valence-electron chi connectivity index (χ0n) is 9.69. The Balaban J connectivity index is 2.14. The number of hydrogen-bond acceptors (Lipinski definition) is 2. The maximum atomic E-state index is 13.4. The van der Waals surface area contributed by atoms with Crippen molar-refractivity contribution in [3.63, 3.8) is 0 Å². The molecule has 92 valence electrons. The first-order valence-corrected chi connectivity index (χ1v) is 5.55. The summed E-state index contributed by atoms with van der Waals surface area (Å²) in [6, 6.07) is 12.9. The van der Waals surface area contributed by atoms with Crippen molar-refractivity contribution in [2.24, 2.45) is 5.73 Å². The van der Waals surface area contributed by atoms with Crippen molar-refractivity contribution in [2.75, 3.05) is 5.32 Å². The summed E-state index contributed by atoms with van der Waals surface area (Å²) >= 11 is 0. The van der Waals surface area contributed by atoms with Gasteiger partial charge in [0.2, 0.25) is 0 Å². The number of carbonyl (C=O) groups excluding carboxylic acids is 1. The number of benzene rings is 2. The van der Waals surface area contributed by atoms with Crippen LogP contribution in [0.3, 0.4) is 0 Å². The van der Waals surface area contributed by atoms with Crippen LogP contribution in [0.4, 0.5) is 10.1 Å². The van der Waals surface area contributed by atoms with Gasteiger partial charge in [-0.1, -0.05) is 24.3 Å². The predicted octanol–water partition coefficient (Wildman–Crippen LogP) is 2.54. The van der Waals surface area contributed by atoms with E-state index in [9.17, 15) is 9.18 Å². The molecular weight excluding hydrogens is 231 g/mol. The number of hydrogen-bond donors (Lipinski definition) is 2. The maximum absolute atomic E-state index is 13.4. The van der Waals surface area contributed by atoms with Crippen molar-refractivity contribution < 1.29 is 9.18 Å². The van der Waals surface area contributed by atoms with E-state index in [-0.39, 0.29) is 11.6 Å². The number of nitrogens with one attached hydrogen (secondary N) is 1. The highest BCUT2D eigenvalue weighted by Gasteiger charge is 2.08. The van der Waals surface area contributed by atoms with Gasteiger partial charge in [0.05, 0.1) is 5.69 Å². The van der Waals surface area contributed by atoms with Gasteiger partial charge in [-0.05, 0) is 29.8 Å². The molecule has 0 aliphatic carbocycles. The Morgan fingerprint density at radius 3 is 2.39 bits per heavy atom. The molecule has 3 N–H and O–H groups in total. The normalized spacial score (nSPS) is 10.1. The number of para-hydroxylation sites is 1. The van der Waals surface area contributed by atoms with Crippen molar-refractivity contribution in [3.05, 3.63) is 65.5 Å². The van der Waals surface area contributed by atoms with E-state index >= 15 is 0 Å². The van der Waals surface area contributed by atoms with E-state index in [4.69, 9.17) is 5.73 Å². The van der Waals surface area contributed by atoms with Crippen molar-refractivity contribution in [2.45, 2.75) is 6.54 Å². The molecule has 0 fully saturated rings. The van der Waals surface area contributed by atoms with Gasteiger partial charge >= 0.3 is 0 Å². The number of halogens is 1. The number of rotatable bonds is 3. The molecule has 18 heavy (non-hydrogen) atoms. The minimum Gasteiger partial charge on any atom is -0.326 e. The van der Waals surface area contributed by atoms with Gasteiger partial charge in [0.15, 0.2) is 0 Å². The second-order valence-electron chi connectivity index (χ2n) is 3.84. The molecule has 2 aromatic rings. The molecule has 0 radical (unpaired) electrons. The van der Waals surface area contributed by atoms with E-state index in [0.29, 0.717) is 12.1 Å². The average molecular weight is 244 g/mol. The lowest BCUT2D eigenvalue weighted by molar-refractivity contribution is 0.102. The molecule has 0 atom stereocenters. The molecule has 2 aromatic carbocycles. The predicted molar refractivity (Wildman–Crippen MR) is 68.7 cm³/mol. The molecule has 0 aliphatic rings.